The van der Waals surface area contributed by atoms with Crippen molar-refractivity contribution in [3.63, 3.8) is 0 Å². The Morgan fingerprint density at radius 1 is 0.783 bits per heavy atom. The van der Waals surface area contributed by atoms with Gasteiger partial charge >= 0.3 is 6.09 Å². The van der Waals surface area contributed by atoms with Crippen molar-refractivity contribution in [1.29, 1.82) is 0 Å². The van der Waals surface area contributed by atoms with E-state index in [1.54, 1.807) is 69.2 Å². The minimum atomic E-state index is -0.957. The molecule has 9 heteroatoms. The van der Waals surface area contributed by atoms with Gasteiger partial charge in [-0.1, -0.05) is 62.4 Å². The van der Waals surface area contributed by atoms with E-state index in [1.807, 2.05) is 56.3 Å². The molecule has 0 fully saturated rings. The second-order valence-corrected chi connectivity index (χ2v) is 12.2. The van der Waals surface area contributed by atoms with Crippen molar-refractivity contribution in [3.8, 4) is 5.75 Å². The number of carbonyl (C=O) groups excluding carboxylic acids is 4. The molecular formula is C37H47N3O6. The van der Waals surface area contributed by atoms with Crippen LogP contribution < -0.4 is 10.1 Å². The number of rotatable bonds is 15. The lowest BCUT2D eigenvalue weighted by Crippen LogP contribution is -2.48. The third kappa shape index (κ3) is 11.1. The predicted molar refractivity (Wildman–Crippen MR) is 179 cm³/mol. The standard InChI is InChI=1S/C37H47N3O6/c1-7-20-39(21-8-2)35(43)30-18-13-17-29(24-30)34(42)38-32(23-27-14-10-9-11-15-27)33(41)26-40(36(44)46-37(3,4)5)25-28-16-12-19-31(22-28)45-6/h9-19,22,24,32H,7-8,20-21,23,25-26H2,1-6H3,(H,38,42)/t32-/m0/s1. The van der Waals surface area contributed by atoms with Crippen LogP contribution in [0.2, 0.25) is 0 Å². The lowest BCUT2D eigenvalue weighted by atomic mass is 10.0. The molecule has 246 valence electrons. The Hall–Kier alpha value is -4.66. The number of ether oxygens (including phenoxy) is 2. The van der Waals surface area contributed by atoms with Crippen molar-refractivity contribution >= 4 is 23.7 Å². The maximum Gasteiger partial charge on any atom is 0.410 e. The van der Waals surface area contributed by atoms with Gasteiger partial charge in [-0.3, -0.25) is 19.3 Å². The molecule has 9 nitrogen and oxygen atoms in total. The zero-order valence-corrected chi connectivity index (χ0v) is 27.9. The van der Waals surface area contributed by atoms with E-state index in [0.717, 1.165) is 24.0 Å². The van der Waals surface area contributed by atoms with E-state index in [1.165, 1.54) is 4.90 Å². The zero-order valence-electron chi connectivity index (χ0n) is 27.9. The van der Waals surface area contributed by atoms with Crippen LogP contribution in [0.15, 0.2) is 78.9 Å². The largest absolute Gasteiger partial charge is 0.497 e. The van der Waals surface area contributed by atoms with Crippen molar-refractivity contribution in [2.75, 3.05) is 26.7 Å². The summed E-state index contributed by atoms with van der Waals surface area (Å²) in [7, 11) is 1.56. The smallest absolute Gasteiger partial charge is 0.410 e. The first kappa shape index (κ1) is 35.8. The van der Waals surface area contributed by atoms with E-state index < -0.39 is 23.6 Å². The molecule has 3 amide bonds. The molecule has 0 spiro atoms. The molecule has 3 aromatic rings. The minimum Gasteiger partial charge on any atom is -0.497 e. The van der Waals surface area contributed by atoms with E-state index in [0.29, 0.717) is 24.4 Å². The Bertz CT molecular complexity index is 1460. The molecule has 0 heterocycles. The van der Waals surface area contributed by atoms with E-state index in [4.69, 9.17) is 9.47 Å². The van der Waals surface area contributed by atoms with Gasteiger partial charge in [0.1, 0.15) is 11.4 Å². The van der Waals surface area contributed by atoms with Crippen LogP contribution >= 0.6 is 0 Å². The maximum absolute atomic E-state index is 14.0. The third-order valence-electron chi connectivity index (χ3n) is 7.13. The first-order valence-corrected chi connectivity index (χ1v) is 15.8. The molecule has 0 saturated heterocycles. The molecule has 0 bridgehead atoms. The lowest BCUT2D eigenvalue weighted by Gasteiger charge is -2.28. The summed E-state index contributed by atoms with van der Waals surface area (Å²) in [6.45, 7) is 10.4. The molecular weight excluding hydrogens is 582 g/mol. The van der Waals surface area contributed by atoms with Crippen LogP contribution in [0, 0.1) is 0 Å². The lowest BCUT2D eigenvalue weighted by molar-refractivity contribution is -0.122. The van der Waals surface area contributed by atoms with Gasteiger partial charge in [0.25, 0.3) is 11.8 Å². The first-order chi connectivity index (χ1) is 21.9. The first-order valence-electron chi connectivity index (χ1n) is 15.8. The Labute approximate surface area is 272 Å². The van der Waals surface area contributed by atoms with Crippen molar-refractivity contribution in [2.24, 2.45) is 0 Å². The van der Waals surface area contributed by atoms with Gasteiger partial charge in [-0.2, -0.15) is 0 Å². The summed E-state index contributed by atoms with van der Waals surface area (Å²) in [6.07, 6.45) is 1.22. The fourth-order valence-corrected chi connectivity index (χ4v) is 4.97. The number of nitrogens with zero attached hydrogens (tertiary/aromatic N) is 2. The summed E-state index contributed by atoms with van der Waals surface area (Å²) >= 11 is 0. The van der Waals surface area contributed by atoms with E-state index in [-0.39, 0.29) is 36.8 Å². The summed E-state index contributed by atoms with van der Waals surface area (Å²) in [5.74, 6) is -0.371. The molecule has 46 heavy (non-hydrogen) atoms. The number of ketones is 1. The van der Waals surface area contributed by atoms with Gasteiger partial charge in [0, 0.05) is 30.8 Å². The van der Waals surface area contributed by atoms with E-state index in [9.17, 15) is 19.2 Å². The van der Waals surface area contributed by atoms with Gasteiger partial charge in [0.2, 0.25) is 0 Å². The second-order valence-electron chi connectivity index (χ2n) is 12.2. The normalized spacial score (nSPS) is 11.7. The molecule has 3 aromatic carbocycles. The number of nitrogens with one attached hydrogen (secondary N) is 1. The summed E-state index contributed by atoms with van der Waals surface area (Å²) in [5.41, 5.74) is 1.50. The molecule has 0 aliphatic carbocycles. The highest BCUT2D eigenvalue weighted by molar-refractivity contribution is 6.01. The number of benzene rings is 3. The maximum atomic E-state index is 14.0. The van der Waals surface area contributed by atoms with E-state index >= 15 is 0 Å². The summed E-state index contributed by atoms with van der Waals surface area (Å²) < 4.78 is 11.0. The topological polar surface area (TPSA) is 105 Å². The fraction of sp³-hybridized carbons (Fsp3) is 0.405. The minimum absolute atomic E-state index is 0.0973. The second kappa shape index (κ2) is 17.1. The number of amides is 3. The zero-order chi connectivity index (χ0) is 33.7. The van der Waals surface area contributed by atoms with Crippen molar-refractivity contribution < 1.29 is 28.7 Å². The quantitative estimate of drug-likeness (QED) is 0.211. The van der Waals surface area contributed by atoms with Gasteiger partial charge < -0.3 is 19.7 Å². The van der Waals surface area contributed by atoms with Crippen LogP contribution in [0.1, 0.15) is 79.3 Å². The molecule has 1 atom stereocenters. The Morgan fingerprint density at radius 2 is 1.41 bits per heavy atom. The van der Waals surface area contributed by atoms with Crippen molar-refractivity contribution in [1.82, 2.24) is 15.1 Å². The molecule has 0 aliphatic heterocycles. The number of carbonyl (C=O) groups is 4. The van der Waals surface area contributed by atoms with Gasteiger partial charge in [0.05, 0.1) is 19.7 Å². The van der Waals surface area contributed by atoms with Crippen LogP contribution in [-0.2, 0) is 22.5 Å². The summed E-state index contributed by atoms with van der Waals surface area (Å²) in [5, 5.41) is 2.89. The molecule has 0 radical (unpaired) electrons. The van der Waals surface area contributed by atoms with E-state index in [2.05, 4.69) is 5.32 Å². The summed E-state index contributed by atoms with van der Waals surface area (Å²) in [6, 6.07) is 22.2. The third-order valence-corrected chi connectivity index (χ3v) is 7.13. The monoisotopic (exact) mass is 629 g/mol. The van der Waals surface area contributed by atoms with Gasteiger partial charge in [-0.05, 0) is 81.5 Å². The molecule has 0 unspecified atom stereocenters. The Balaban J connectivity index is 1.89. The molecule has 1 N–H and O–H groups in total. The number of Topliss-reactive ketones (excluding diaryl/α,β-unsaturated/α-hetero) is 1. The summed E-state index contributed by atoms with van der Waals surface area (Å²) in [4.78, 5) is 57.2. The van der Waals surface area contributed by atoms with Gasteiger partial charge in [-0.25, -0.2) is 4.79 Å². The average molecular weight is 630 g/mol. The highest BCUT2D eigenvalue weighted by Crippen LogP contribution is 2.18. The van der Waals surface area contributed by atoms with Crippen LogP contribution in [0.5, 0.6) is 5.75 Å². The molecule has 3 rings (SSSR count). The molecule has 0 aromatic heterocycles. The highest BCUT2D eigenvalue weighted by Gasteiger charge is 2.29. The Morgan fingerprint density at radius 3 is 2.04 bits per heavy atom. The SMILES string of the molecule is CCCN(CCC)C(=O)c1cccc(C(=O)N[C@@H](Cc2ccccc2)C(=O)CN(Cc2cccc(OC)c2)C(=O)OC(C)(C)C)c1. The van der Waals surface area contributed by atoms with Gasteiger partial charge in [-0.15, -0.1) is 0 Å². The predicted octanol–water partition coefficient (Wildman–Crippen LogP) is 6.30. The van der Waals surface area contributed by atoms with Crippen LogP contribution in [0.3, 0.4) is 0 Å². The number of methoxy groups -OCH3 is 1. The number of hydrogen-bond donors (Lipinski definition) is 1. The molecule has 0 saturated carbocycles. The number of hydrogen-bond acceptors (Lipinski definition) is 6. The van der Waals surface area contributed by atoms with Crippen LogP contribution in [-0.4, -0.2) is 71.9 Å². The molecule has 0 aliphatic rings. The average Bonchev–Trinajstić information content (AvgIpc) is 3.03. The highest BCUT2D eigenvalue weighted by atomic mass is 16.6. The van der Waals surface area contributed by atoms with Crippen molar-refractivity contribution in [3.05, 3.63) is 101 Å². The van der Waals surface area contributed by atoms with Gasteiger partial charge in [0.15, 0.2) is 5.78 Å². The fourth-order valence-electron chi connectivity index (χ4n) is 4.97. The van der Waals surface area contributed by atoms with Crippen molar-refractivity contribution in [2.45, 2.75) is 72.1 Å². The van der Waals surface area contributed by atoms with Crippen LogP contribution in [0.4, 0.5) is 4.79 Å². The van der Waals surface area contributed by atoms with Crippen LogP contribution in [0.25, 0.3) is 0 Å². The Kier molecular flexibility index (Phi) is 13.4.